The zero-order valence-corrected chi connectivity index (χ0v) is 12.2. The molecule has 0 bridgehead atoms. The number of hydrogen-bond donors (Lipinski definition) is 0. The third kappa shape index (κ3) is 2.00. The van der Waals surface area contributed by atoms with E-state index in [-0.39, 0.29) is 5.78 Å². The molecule has 0 aliphatic carbocycles. The minimum Gasteiger partial charge on any atom is -0.496 e. The van der Waals surface area contributed by atoms with Gasteiger partial charge in [0.05, 0.1) is 7.11 Å². The molecular formula is C17H14O2S. The number of thiophene rings is 1. The summed E-state index contributed by atoms with van der Waals surface area (Å²) in [5.74, 6) is 0.863. The molecule has 3 heteroatoms. The van der Waals surface area contributed by atoms with Crippen molar-refractivity contribution < 1.29 is 9.53 Å². The van der Waals surface area contributed by atoms with Crippen LogP contribution in [0.2, 0.25) is 0 Å². The van der Waals surface area contributed by atoms with E-state index in [0.717, 1.165) is 33.2 Å². The molecule has 0 spiro atoms. The second kappa shape index (κ2) is 5.10. The van der Waals surface area contributed by atoms with Crippen LogP contribution < -0.4 is 4.74 Å². The van der Waals surface area contributed by atoms with Crippen LogP contribution in [0.1, 0.15) is 21.5 Å². The van der Waals surface area contributed by atoms with E-state index in [1.807, 2.05) is 54.1 Å². The number of carbonyl (C=O) groups is 1. The lowest BCUT2D eigenvalue weighted by molar-refractivity contribution is 0.104. The number of benzene rings is 2. The van der Waals surface area contributed by atoms with E-state index in [4.69, 9.17) is 4.74 Å². The molecule has 0 saturated carbocycles. The Labute approximate surface area is 121 Å². The van der Waals surface area contributed by atoms with E-state index in [1.165, 1.54) is 0 Å². The maximum Gasteiger partial charge on any atom is 0.194 e. The van der Waals surface area contributed by atoms with Gasteiger partial charge in [-0.1, -0.05) is 24.3 Å². The first-order valence-corrected chi connectivity index (χ1v) is 7.30. The Kier molecular flexibility index (Phi) is 3.28. The third-order valence-corrected chi connectivity index (χ3v) is 4.31. The summed E-state index contributed by atoms with van der Waals surface area (Å²) < 4.78 is 5.37. The van der Waals surface area contributed by atoms with Crippen LogP contribution in [0.15, 0.2) is 47.2 Å². The van der Waals surface area contributed by atoms with Crippen LogP contribution in [0.3, 0.4) is 0 Å². The minimum absolute atomic E-state index is 0.0719. The van der Waals surface area contributed by atoms with Crippen molar-refractivity contribution in [2.45, 2.75) is 6.92 Å². The molecule has 0 unspecified atom stereocenters. The van der Waals surface area contributed by atoms with Gasteiger partial charge in [-0.05, 0) is 35.4 Å². The summed E-state index contributed by atoms with van der Waals surface area (Å²) in [5, 5.41) is 5.81. The Hall–Kier alpha value is -2.13. The second-order valence-electron chi connectivity index (χ2n) is 4.66. The monoisotopic (exact) mass is 282 g/mol. The van der Waals surface area contributed by atoms with Gasteiger partial charge in [0.25, 0.3) is 0 Å². The summed E-state index contributed by atoms with van der Waals surface area (Å²) in [5.41, 5.74) is 2.54. The molecule has 3 rings (SSSR count). The van der Waals surface area contributed by atoms with Crippen molar-refractivity contribution in [1.82, 2.24) is 0 Å². The Morgan fingerprint density at radius 1 is 1.00 bits per heavy atom. The fraction of sp³-hybridized carbons (Fsp3) is 0.118. The van der Waals surface area contributed by atoms with Crippen molar-refractivity contribution in [3.8, 4) is 5.75 Å². The molecule has 1 aromatic heterocycles. The first-order chi connectivity index (χ1) is 9.72. The van der Waals surface area contributed by atoms with E-state index < -0.39 is 0 Å². The maximum atomic E-state index is 12.7. The second-order valence-corrected chi connectivity index (χ2v) is 5.40. The number of rotatable bonds is 3. The highest BCUT2D eigenvalue weighted by Gasteiger charge is 2.16. The van der Waals surface area contributed by atoms with Crippen molar-refractivity contribution in [1.29, 1.82) is 0 Å². The molecule has 0 aliphatic heterocycles. The van der Waals surface area contributed by atoms with E-state index >= 15 is 0 Å². The summed E-state index contributed by atoms with van der Waals surface area (Å²) in [4.78, 5) is 12.7. The van der Waals surface area contributed by atoms with Gasteiger partial charge in [0.15, 0.2) is 5.78 Å². The molecule has 0 N–H and O–H groups in total. The van der Waals surface area contributed by atoms with E-state index in [1.54, 1.807) is 18.4 Å². The van der Waals surface area contributed by atoms with Crippen LogP contribution in [0, 0.1) is 6.92 Å². The highest BCUT2D eigenvalue weighted by molar-refractivity contribution is 7.08. The lowest BCUT2D eigenvalue weighted by Crippen LogP contribution is -2.03. The zero-order valence-electron chi connectivity index (χ0n) is 11.3. The molecule has 0 fully saturated rings. The predicted molar refractivity (Wildman–Crippen MR) is 83.0 cm³/mol. The van der Waals surface area contributed by atoms with Gasteiger partial charge in [-0.25, -0.2) is 0 Å². The molecule has 2 aromatic carbocycles. The van der Waals surface area contributed by atoms with Crippen molar-refractivity contribution in [3.63, 3.8) is 0 Å². The van der Waals surface area contributed by atoms with Gasteiger partial charge in [0, 0.05) is 21.9 Å². The number of carbonyl (C=O) groups excluding carboxylic acids is 1. The van der Waals surface area contributed by atoms with Crippen LogP contribution in [0.5, 0.6) is 5.75 Å². The molecule has 0 radical (unpaired) electrons. The SMILES string of the molecule is COc1ccc(C(=O)c2cscc2C)c2ccccc12. The fourth-order valence-corrected chi connectivity index (χ4v) is 3.21. The molecule has 1 heterocycles. The van der Waals surface area contributed by atoms with Crippen molar-refractivity contribution in [2.24, 2.45) is 0 Å². The normalized spacial score (nSPS) is 10.7. The summed E-state index contributed by atoms with van der Waals surface area (Å²) in [7, 11) is 1.65. The topological polar surface area (TPSA) is 26.3 Å². The summed E-state index contributed by atoms with van der Waals surface area (Å²) in [6.45, 7) is 1.97. The number of ketones is 1. The molecular weight excluding hydrogens is 268 g/mol. The van der Waals surface area contributed by atoms with Gasteiger partial charge in [0.2, 0.25) is 0 Å². The number of hydrogen-bond acceptors (Lipinski definition) is 3. The first kappa shape index (κ1) is 12.9. The molecule has 0 aliphatic rings. The molecule has 0 saturated heterocycles. The molecule has 3 aromatic rings. The van der Waals surface area contributed by atoms with Crippen molar-refractivity contribution in [3.05, 3.63) is 63.8 Å². The largest absolute Gasteiger partial charge is 0.496 e. The average Bonchev–Trinajstić information content (AvgIpc) is 2.91. The van der Waals surface area contributed by atoms with Gasteiger partial charge >= 0.3 is 0 Å². The van der Waals surface area contributed by atoms with Crippen LogP contribution >= 0.6 is 11.3 Å². The van der Waals surface area contributed by atoms with E-state index in [0.29, 0.717) is 0 Å². The third-order valence-electron chi connectivity index (χ3n) is 3.45. The highest BCUT2D eigenvalue weighted by atomic mass is 32.1. The molecule has 0 atom stereocenters. The van der Waals surface area contributed by atoms with E-state index in [9.17, 15) is 4.79 Å². The zero-order chi connectivity index (χ0) is 14.1. The number of methoxy groups -OCH3 is 1. The van der Waals surface area contributed by atoms with Crippen LogP contribution in [-0.2, 0) is 0 Å². The Morgan fingerprint density at radius 3 is 2.40 bits per heavy atom. The van der Waals surface area contributed by atoms with Gasteiger partial charge in [-0.15, -0.1) is 0 Å². The van der Waals surface area contributed by atoms with Crippen LogP contribution in [0.25, 0.3) is 10.8 Å². The average molecular weight is 282 g/mol. The van der Waals surface area contributed by atoms with Crippen LogP contribution in [0.4, 0.5) is 0 Å². The smallest absolute Gasteiger partial charge is 0.194 e. The number of ether oxygens (including phenoxy) is 1. The van der Waals surface area contributed by atoms with Crippen molar-refractivity contribution >= 4 is 27.9 Å². The number of aryl methyl sites for hydroxylation is 1. The predicted octanol–water partition coefficient (Wildman–Crippen LogP) is 4.45. The Balaban J connectivity index is 2.23. The minimum atomic E-state index is 0.0719. The summed E-state index contributed by atoms with van der Waals surface area (Å²) in [6, 6.07) is 11.5. The van der Waals surface area contributed by atoms with Gasteiger partial charge in [-0.2, -0.15) is 11.3 Å². The standard InChI is InChI=1S/C17H14O2S/c1-11-9-20-10-15(11)17(18)14-7-8-16(19-2)13-6-4-3-5-12(13)14/h3-10H,1-2H3. The molecule has 2 nitrogen and oxygen atoms in total. The van der Waals surface area contributed by atoms with Gasteiger partial charge in [0.1, 0.15) is 5.75 Å². The van der Waals surface area contributed by atoms with Gasteiger partial charge < -0.3 is 4.74 Å². The first-order valence-electron chi connectivity index (χ1n) is 6.35. The lowest BCUT2D eigenvalue weighted by Gasteiger charge is -2.09. The van der Waals surface area contributed by atoms with E-state index in [2.05, 4.69) is 0 Å². The maximum absolute atomic E-state index is 12.7. The Morgan fingerprint density at radius 2 is 1.75 bits per heavy atom. The van der Waals surface area contributed by atoms with Crippen molar-refractivity contribution in [2.75, 3.05) is 7.11 Å². The molecule has 20 heavy (non-hydrogen) atoms. The summed E-state index contributed by atoms with van der Waals surface area (Å²) in [6.07, 6.45) is 0. The van der Waals surface area contributed by atoms with Gasteiger partial charge in [-0.3, -0.25) is 4.79 Å². The lowest BCUT2D eigenvalue weighted by atomic mass is 9.96. The highest BCUT2D eigenvalue weighted by Crippen LogP contribution is 2.30. The Bertz CT molecular complexity index is 787. The fourth-order valence-electron chi connectivity index (χ4n) is 2.39. The summed E-state index contributed by atoms with van der Waals surface area (Å²) >= 11 is 1.56. The molecule has 0 amide bonds. The van der Waals surface area contributed by atoms with Crippen LogP contribution in [-0.4, -0.2) is 12.9 Å². The molecule has 100 valence electrons. The quantitative estimate of drug-likeness (QED) is 0.663. The number of fused-ring (bicyclic) bond motifs is 1.